The van der Waals surface area contributed by atoms with Gasteiger partial charge in [0.25, 0.3) is 0 Å². The van der Waals surface area contributed by atoms with Gasteiger partial charge in [-0.25, -0.2) is 0 Å². The summed E-state index contributed by atoms with van der Waals surface area (Å²) in [5.41, 5.74) is 4.58. The lowest BCUT2D eigenvalue weighted by Gasteiger charge is -2.20. The summed E-state index contributed by atoms with van der Waals surface area (Å²) in [7, 11) is 0. The molecular weight excluding hydrogens is 376 g/mol. The Kier molecular flexibility index (Phi) is 6.68. The van der Waals surface area contributed by atoms with Crippen molar-refractivity contribution in [2.45, 2.75) is 39.5 Å². The molecule has 3 aromatic rings. The first-order valence-electron chi connectivity index (χ1n) is 10.00. The molecule has 0 radical (unpaired) electrons. The van der Waals surface area contributed by atoms with Crippen molar-refractivity contribution in [2.75, 3.05) is 0 Å². The first kappa shape index (κ1) is 21.3. The minimum Gasteiger partial charge on any atom is -0.427 e. The molecule has 0 aliphatic carbocycles. The van der Waals surface area contributed by atoms with Gasteiger partial charge in [-0.1, -0.05) is 62.4 Å². The van der Waals surface area contributed by atoms with Crippen LogP contribution >= 0.6 is 0 Å². The first-order chi connectivity index (χ1) is 14.3. The van der Waals surface area contributed by atoms with Crippen LogP contribution in [0.3, 0.4) is 0 Å². The zero-order valence-corrected chi connectivity index (χ0v) is 17.7. The number of ether oxygens (including phenoxy) is 2. The second-order valence-electron chi connectivity index (χ2n) is 7.58. The Morgan fingerprint density at radius 1 is 0.567 bits per heavy atom. The molecule has 0 saturated carbocycles. The molecule has 0 saturated heterocycles. The Balaban J connectivity index is 2.00. The third-order valence-electron chi connectivity index (χ3n) is 4.89. The van der Waals surface area contributed by atoms with Crippen molar-refractivity contribution in [2.24, 2.45) is 0 Å². The quantitative estimate of drug-likeness (QED) is 0.295. The molecule has 0 N–H and O–H groups in total. The average Bonchev–Trinajstić information content (AvgIpc) is 2.70. The molecule has 0 aromatic heterocycles. The number of carbonyl (C=O) groups is 2. The summed E-state index contributed by atoms with van der Waals surface area (Å²) in [6.45, 7) is 7.12. The van der Waals surface area contributed by atoms with Crippen LogP contribution in [-0.4, -0.2) is 11.9 Å². The van der Waals surface area contributed by atoms with E-state index in [1.54, 1.807) is 24.3 Å². The van der Waals surface area contributed by atoms with Gasteiger partial charge >= 0.3 is 11.9 Å². The molecule has 0 atom stereocenters. The molecule has 3 rings (SSSR count). The lowest BCUT2D eigenvalue weighted by Crippen LogP contribution is -2.06. The average molecular weight is 402 g/mol. The number of esters is 2. The Labute approximate surface area is 177 Å². The SMILES string of the molecule is CC(=O)Oc1ccc(C(c2ccc(OC(C)=O)cc2)c2ccc(C(C)C)cc2)cc1. The van der Waals surface area contributed by atoms with E-state index in [1.165, 1.54) is 19.4 Å². The standard InChI is InChI=1S/C26H26O4/c1-17(2)20-5-7-21(8-6-20)26(22-9-13-24(14-10-22)29-18(3)27)23-11-15-25(16-12-23)30-19(4)28/h5-17,26H,1-4H3. The highest BCUT2D eigenvalue weighted by molar-refractivity contribution is 5.69. The van der Waals surface area contributed by atoms with Crippen molar-refractivity contribution < 1.29 is 19.1 Å². The zero-order valence-electron chi connectivity index (χ0n) is 17.7. The largest absolute Gasteiger partial charge is 0.427 e. The minimum absolute atomic E-state index is 0.0102. The summed E-state index contributed by atoms with van der Waals surface area (Å²) in [5.74, 6) is 0.803. The molecule has 0 unspecified atom stereocenters. The van der Waals surface area contributed by atoms with Gasteiger partial charge in [0.15, 0.2) is 0 Å². The van der Waals surface area contributed by atoms with E-state index in [4.69, 9.17) is 9.47 Å². The summed E-state index contributed by atoms with van der Waals surface area (Å²) in [6, 6.07) is 23.7. The molecule has 0 aliphatic heterocycles. The number of hydrogen-bond acceptors (Lipinski definition) is 4. The van der Waals surface area contributed by atoms with Crippen LogP contribution in [0, 0.1) is 0 Å². The van der Waals surface area contributed by atoms with E-state index in [0.29, 0.717) is 17.4 Å². The van der Waals surface area contributed by atoms with Gasteiger partial charge in [-0.3, -0.25) is 9.59 Å². The second-order valence-corrected chi connectivity index (χ2v) is 7.58. The Bertz CT molecular complexity index is 941. The van der Waals surface area contributed by atoms with Gasteiger partial charge in [0.05, 0.1) is 0 Å². The van der Waals surface area contributed by atoms with E-state index >= 15 is 0 Å². The number of rotatable bonds is 6. The van der Waals surface area contributed by atoms with E-state index in [2.05, 4.69) is 38.1 Å². The van der Waals surface area contributed by atoms with Gasteiger partial charge in [-0.15, -0.1) is 0 Å². The monoisotopic (exact) mass is 402 g/mol. The highest BCUT2D eigenvalue weighted by Gasteiger charge is 2.18. The molecule has 0 bridgehead atoms. The third kappa shape index (κ3) is 5.35. The van der Waals surface area contributed by atoms with Gasteiger partial charge in [0.1, 0.15) is 11.5 Å². The lowest BCUT2D eigenvalue weighted by atomic mass is 9.84. The van der Waals surface area contributed by atoms with E-state index in [9.17, 15) is 9.59 Å². The van der Waals surface area contributed by atoms with Crippen LogP contribution in [0.5, 0.6) is 11.5 Å². The molecule has 154 valence electrons. The maximum Gasteiger partial charge on any atom is 0.308 e. The Hall–Kier alpha value is -3.40. The molecule has 4 heteroatoms. The molecule has 0 heterocycles. The van der Waals surface area contributed by atoms with Gasteiger partial charge < -0.3 is 9.47 Å². The molecule has 0 fully saturated rings. The molecule has 0 amide bonds. The smallest absolute Gasteiger partial charge is 0.308 e. The Morgan fingerprint density at radius 2 is 0.867 bits per heavy atom. The summed E-state index contributed by atoms with van der Waals surface area (Å²) in [5, 5.41) is 0. The molecule has 30 heavy (non-hydrogen) atoms. The normalized spacial score (nSPS) is 10.9. The van der Waals surface area contributed by atoms with E-state index in [-0.39, 0.29) is 17.9 Å². The summed E-state index contributed by atoms with van der Waals surface area (Å²) in [6.07, 6.45) is 0. The highest BCUT2D eigenvalue weighted by Crippen LogP contribution is 2.34. The van der Waals surface area contributed by atoms with Crippen molar-refractivity contribution in [1.82, 2.24) is 0 Å². The van der Waals surface area contributed by atoms with Crippen LogP contribution in [0.1, 0.15) is 61.8 Å². The molecule has 0 aliphatic rings. The summed E-state index contributed by atoms with van der Waals surface area (Å²) >= 11 is 0. The van der Waals surface area contributed by atoms with Crippen LogP contribution in [0.2, 0.25) is 0 Å². The van der Waals surface area contributed by atoms with Crippen molar-refractivity contribution in [3.05, 3.63) is 95.1 Å². The summed E-state index contributed by atoms with van der Waals surface area (Å²) < 4.78 is 10.3. The van der Waals surface area contributed by atoms with E-state index in [1.807, 2.05) is 24.3 Å². The zero-order chi connectivity index (χ0) is 21.7. The van der Waals surface area contributed by atoms with Gasteiger partial charge in [0, 0.05) is 19.8 Å². The van der Waals surface area contributed by atoms with E-state index < -0.39 is 0 Å². The molecular formula is C26H26O4. The molecule has 4 nitrogen and oxygen atoms in total. The topological polar surface area (TPSA) is 52.6 Å². The second kappa shape index (κ2) is 9.40. The van der Waals surface area contributed by atoms with Gasteiger partial charge in [-0.2, -0.15) is 0 Å². The maximum absolute atomic E-state index is 11.2. The predicted molar refractivity (Wildman–Crippen MR) is 117 cm³/mol. The molecule has 3 aromatic carbocycles. The van der Waals surface area contributed by atoms with Crippen LogP contribution in [-0.2, 0) is 9.59 Å². The van der Waals surface area contributed by atoms with E-state index in [0.717, 1.165) is 16.7 Å². The fraction of sp³-hybridized carbons (Fsp3) is 0.231. The van der Waals surface area contributed by atoms with Crippen molar-refractivity contribution in [3.8, 4) is 11.5 Å². The minimum atomic E-state index is -0.343. The number of carbonyl (C=O) groups excluding carboxylic acids is 2. The number of benzene rings is 3. The van der Waals surface area contributed by atoms with Crippen molar-refractivity contribution in [3.63, 3.8) is 0 Å². The fourth-order valence-electron chi connectivity index (χ4n) is 3.44. The number of hydrogen-bond donors (Lipinski definition) is 0. The third-order valence-corrected chi connectivity index (χ3v) is 4.89. The predicted octanol–water partition coefficient (Wildman–Crippen LogP) is 5.84. The van der Waals surface area contributed by atoms with Gasteiger partial charge in [-0.05, 0) is 52.4 Å². The van der Waals surface area contributed by atoms with Crippen LogP contribution in [0.4, 0.5) is 0 Å². The molecule has 0 spiro atoms. The van der Waals surface area contributed by atoms with Crippen LogP contribution < -0.4 is 9.47 Å². The lowest BCUT2D eigenvalue weighted by molar-refractivity contribution is -0.132. The maximum atomic E-state index is 11.2. The highest BCUT2D eigenvalue weighted by atomic mass is 16.5. The fourth-order valence-corrected chi connectivity index (χ4v) is 3.44. The first-order valence-corrected chi connectivity index (χ1v) is 10.00. The summed E-state index contributed by atoms with van der Waals surface area (Å²) in [4.78, 5) is 22.4. The van der Waals surface area contributed by atoms with Crippen LogP contribution in [0.25, 0.3) is 0 Å². The Morgan fingerprint density at radius 3 is 1.17 bits per heavy atom. The van der Waals surface area contributed by atoms with Crippen LogP contribution in [0.15, 0.2) is 72.8 Å². The van der Waals surface area contributed by atoms with Crippen molar-refractivity contribution in [1.29, 1.82) is 0 Å². The van der Waals surface area contributed by atoms with Gasteiger partial charge in [0.2, 0.25) is 0 Å². The van der Waals surface area contributed by atoms with Crippen molar-refractivity contribution >= 4 is 11.9 Å².